The second-order valence-corrected chi connectivity index (χ2v) is 3.51. The molecule has 17 heavy (non-hydrogen) atoms. The Morgan fingerprint density at radius 2 is 2.29 bits per heavy atom. The molecule has 5 heteroatoms. The van der Waals surface area contributed by atoms with Crippen molar-refractivity contribution >= 4 is 12.2 Å². The van der Waals surface area contributed by atoms with Gasteiger partial charge in [0.05, 0.1) is 7.11 Å². The normalized spacial score (nSPS) is 12.4. The van der Waals surface area contributed by atoms with Crippen LogP contribution in [-0.2, 0) is 0 Å². The lowest BCUT2D eigenvalue weighted by Gasteiger charge is -2.13. The largest absolute Gasteiger partial charge is 0.496 e. The van der Waals surface area contributed by atoms with Crippen LogP contribution in [0, 0.1) is 0 Å². The first-order valence-electron chi connectivity index (χ1n) is 5.40. The molecule has 2 amide bonds. The fraction of sp³-hybridized carbons (Fsp3) is 0.333. The molecule has 1 unspecified atom stereocenters. The number of ether oxygens (including phenoxy) is 1. The van der Waals surface area contributed by atoms with E-state index in [1.54, 1.807) is 13.3 Å². The molecule has 0 aromatic heterocycles. The van der Waals surface area contributed by atoms with Gasteiger partial charge in [0.1, 0.15) is 5.75 Å². The molecule has 92 valence electrons. The highest BCUT2D eigenvalue weighted by Gasteiger charge is 2.11. The molecule has 5 nitrogen and oxygen atoms in total. The summed E-state index contributed by atoms with van der Waals surface area (Å²) >= 11 is 0. The Kier molecular flexibility index (Phi) is 5.00. The maximum absolute atomic E-state index is 10.5. The van der Waals surface area contributed by atoms with Gasteiger partial charge in [-0.25, -0.2) is 10.2 Å². The number of para-hydroxylation sites is 1. The van der Waals surface area contributed by atoms with Gasteiger partial charge in [-0.1, -0.05) is 25.1 Å². The van der Waals surface area contributed by atoms with Gasteiger partial charge in [-0.2, -0.15) is 5.10 Å². The number of nitrogens with one attached hydrogen (secondary N) is 1. The van der Waals surface area contributed by atoms with Crippen LogP contribution in [-0.4, -0.2) is 19.4 Å². The second-order valence-electron chi connectivity index (χ2n) is 3.51. The molecular formula is C12H17N3O2. The van der Waals surface area contributed by atoms with E-state index < -0.39 is 6.03 Å². The van der Waals surface area contributed by atoms with Crippen LogP contribution in [0.15, 0.2) is 29.4 Å². The van der Waals surface area contributed by atoms with Gasteiger partial charge in [-0.05, 0) is 12.5 Å². The summed E-state index contributed by atoms with van der Waals surface area (Å²) in [5.74, 6) is 0.892. The minimum Gasteiger partial charge on any atom is -0.496 e. The number of amides is 2. The van der Waals surface area contributed by atoms with Crippen molar-refractivity contribution in [3.63, 3.8) is 0 Å². The quantitative estimate of drug-likeness (QED) is 0.603. The molecule has 1 aromatic carbocycles. The second kappa shape index (κ2) is 6.52. The fourth-order valence-electron chi connectivity index (χ4n) is 1.57. The lowest BCUT2D eigenvalue weighted by Crippen LogP contribution is -2.24. The van der Waals surface area contributed by atoms with E-state index in [0.717, 1.165) is 17.7 Å². The van der Waals surface area contributed by atoms with Gasteiger partial charge >= 0.3 is 6.03 Å². The molecule has 0 bridgehead atoms. The number of rotatable bonds is 5. The zero-order valence-corrected chi connectivity index (χ0v) is 10.0. The van der Waals surface area contributed by atoms with Crippen molar-refractivity contribution in [3.05, 3.63) is 29.8 Å². The number of hydrazone groups is 1. The van der Waals surface area contributed by atoms with Crippen LogP contribution >= 0.6 is 0 Å². The minimum absolute atomic E-state index is 0.0815. The van der Waals surface area contributed by atoms with Gasteiger partial charge < -0.3 is 10.5 Å². The van der Waals surface area contributed by atoms with Crippen molar-refractivity contribution in [2.75, 3.05) is 7.11 Å². The Bertz CT molecular complexity index is 404. The maximum atomic E-state index is 10.5. The smallest absolute Gasteiger partial charge is 0.332 e. The molecule has 3 N–H and O–H groups in total. The molecule has 1 aromatic rings. The van der Waals surface area contributed by atoms with E-state index in [-0.39, 0.29) is 5.92 Å². The summed E-state index contributed by atoms with van der Waals surface area (Å²) in [4.78, 5) is 10.5. The average Bonchev–Trinajstić information content (AvgIpc) is 2.34. The summed E-state index contributed by atoms with van der Waals surface area (Å²) in [7, 11) is 1.63. The Morgan fingerprint density at radius 3 is 2.88 bits per heavy atom. The van der Waals surface area contributed by atoms with Crippen LogP contribution in [0.4, 0.5) is 4.79 Å². The van der Waals surface area contributed by atoms with Gasteiger partial charge in [0.15, 0.2) is 0 Å². The minimum atomic E-state index is -0.670. The molecule has 0 saturated heterocycles. The monoisotopic (exact) mass is 235 g/mol. The molecule has 1 rings (SSSR count). The summed E-state index contributed by atoms with van der Waals surface area (Å²) < 4.78 is 5.28. The van der Waals surface area contributed by atoms with Gasteiger partial charge in [0, 0.05) is 17.7 Å². The number of carbonyl (C=O) groups is 1. The molecule has 0 aliphatic heterocycles. The highest BCUT2D eigenvalue weighted by atomic mass is 16.5. The first-order chi connectivity index (χ1) is 8.19. The average molecular weight is 235 g/mol. The van der Waals surface area contributed by atoms with Crippen molar-refractivity contribution in [2.45, 2.75) is 19.3 Å². The van der Waals surface area contributed by atoms with Crippen molar-refractivity contribution in [1.29, 1.82) is 0 Å². The lowest BCUT2D eigenvalue weighted by molar-refractivity contribution is 0.249. The zero-order chi connectivity index (χ0) is 12.7. The Hall–Kier alpha value is -2.04. The number of urea groups is 1. The predicted octanol–water partition coefficient (Wildman–Crippen LogP) is 1.84. The van der Waals surface area contributed by atoms with Gasteiger partial charge in [0.2, 0.25) is 0 Å². The van der Waals surface area contributed by atoms with E-state index in [9.17, 15) is 4.79 Å². The van der Waals surface area contributed by atoms with Crippen molar-refractivity contribution in [1.82, 2.24) is 5.43 Å². The Morgan fingerprint density at radius 1 is 1.59 bits per heavy atom. The third kappa shape index (κ3) is 3.79. The standard InChI is InChI=1S/C12H17N3O2/c1-3-9(8-14-15-12(13)16)10-6-4-5-7-11(10)17-2/h4-9H,3H2,1-2H3,(H3,13,15,16)/b14-8+. The number of nitrogens with zero attached hydrogens (tertiary/aromatic N) is 1. The SMILES string of the molecule is CCC(/C=N/NC(N)=O)c1ccccc1OC. The molecular weight excluding hydrogens is 218 g/mol. The van der Waals surface area contributed by atoms with Crippen LogP contribution in [0.2, 0.25) is 0 Å². The molecule has 0 heterocycles. The molecule has 0 saturated carbocycles. The van der Waals surface area contributed by atoms with Crippen LogP contribution in [0.1, 0.15) is 24.8 Å². The summed E-state index contributed by atoms with van der Waals surface area (Å²) in [5, 5.41) is 3.79. The van der Waals surface area contributed by atoms with Gasteiger partial charge in [-0.15, -0.1) is 0 Å². The Balaban J connectivity index is 2.85. The first kappa shape index (κ1) is 13.0. The van der Waals surface area contributed by atoms with E-state index in [4.69, 9.17) is 10.5 Å². The summed E-state index contributed by atoms with van der Waals surface area (Å²) in [6, 6.07) is 7.05. The topological polar surface area (TPSA) is 76.7 Å². The molecule has 0 spiro atoms. The van der Waals surface area contributed by atoms with E-state index in [1.165, 1.54) is 0 Å². The first-order valence-corrected chi connectivity index (χ1v) is 5.40. The number of primary amides is 1. The van der Waals surface area contributed by atoms with E-state index >= 15 is 0 Å². The van der Waals surface area contributed by atoms with Crippen LogP contribution in [0.3, 0.4) is 0 Å². The summed E-state index contributed by atoms with van der Waals surface area (Å²) in [6.45, 7) is 2.04. The number of nitrogens with two attached hydrogens (primary N) is 1. The lowest BCUT2D eigenvalue weighted by atomic mass is 9.97. The van der Waals surface area contributed by atoms with E-state index in [2.05, 4.69) is 10.5 Å². The van der Waals surface area contributed by atoms with Gasteiger partial charge in [0.25, 0.3) is 0 Å². The van der Waals surface area contributed by atoms with Crippen molar-refractivity contribution < 1.29 is 9.53 Å². The third-order valence-electron chi connectivity index (χ3n) is 2.41. The maximum Gasteiger partial charge on any atom is 0.332 e. The highest BCUT2D eigenvalue weighted by Crippen LogP contribution is 2.27. The number of hydrogen-bond acceptors (Lipinski definition) is 3. The fourth-order valence-corrected chi connectivity index (χ4v) is 1.57. The van der Waals surface area contributed by atoms with Crippen LogP contribution in [0.5, 0.6) is 5.75 Å². The molecule has 0 fully saturated rings. The van der Waals surface area contributed by atoms with Crippen molar-refractivity contribution in [2.24, 2.45) is 10.8 Å². The van der Waals surface area contributed by atoms with Crippen LogP contribution < -0.4 is 15.9 Å². The van der Waals surface area contributed by atoms with E-state index in [0.29, 0.717) is 0 Å². The number of hydrogen-bond donors (Lipinski definition) is 2. The number of benzene rings is 1. The van der Waals surface area contributed by atoms with Crippen molar-refractivity contribution in [3.8, 4) is 5.75 Å². The molecule has 0 aliphatic rings. The van der Waals surface area contributed by atoms with Crippen LogP contribution in [0.25, 0.3) is 0 Å². The Labute approximate surface area is 101 Å². The third-order valence-corrected chi connectivity index (χ3v) is 2.41. The predicted molar refractivity (Wildman–Crippen MR) is 67.2 cm³/mol. The summed E-state index contributed by atoms with van der Waals surface area (Å²) in [5.41, 5.74) is 8.15. The number of methoxy groups -OCH3 is 1. The summed E-state index contributed by atoms with van der Waals surface area (Å²) in [6.07, 6.45) is 2.51. The molecule has 0 radical (unpaired) electrons. The van der Waals surface area contributed by atoms with E-state index in [1.807, 2.05) is 31.2 Å². The highest BCUT2D eigenvalue weighted by molar-refractivity contribution is 5.75. The van der Waals surface area contributed by atoms with Gasteiger partial charge in [-0.3, -0.25) is 0 Å². The number of carbonyl (C=O) groups excluding carboxylic acids is 1. The molecule has 0 aliphatic carbocycles. The zero-order valence-electron chi connectivity index (χ0n) is 10.0. The molecule has 1 atom stereocenters.